The third-order valence-electron chi connectivity index (χ3n) is 4.03. The van der Waals surface area contributed by atoms with Gasteiger partial charge < -0.3 is 24.3 Å². The molecule has 1 amide bonds. The van der Waals surface area contributed by atoms with Crippen LogP contribution in [0.4, 0.5) is 0 Å². The maximum Gasteiger partial charge on any atom is 0.264 e. The summed E-state index contributed by atoms with van der Waals surface area (Å²) in [6.45, 7) is 0.152. The Kier molecular flexibility index (Phi) is 4.64. The first kappa shape index (κ1) is 16.7. The van der Waals surface area contributed by atoms with Crippen molar-refractivity contribution in [2.24, 2.45) is 0 Å². The Balaban J connectivity index is 1.33. The molecule has 0 saturated heterocycles. The van der Waals surface area contributed by atoms with Crippen molar-refractivity contribution in [1.82, 2.24) is 5.32 Å². The largest absolute Gasteiger partial charge is 0.485 e. The molecule has 0 aliphatic carbocycles. The fourth-order valence-electron chi connectivity index (χ4n) is 2.65. The second-order valence-corrected chi connectivity index (χ2v) is 6.62. The van der Waals surface area contributed by atoms with Crippen molar-refractivity contribution in [2.75, 3.05) is 13.2 Å². The number of ether oxygens (including phenoxy) is 2. The number of hydrogen-bond donors (Lipinski definition) is 2. The number of nitrogens with one attached hydrogen (secondary N) is 1. The minimum absolute atomic E-state index is 0.0247. The topological polar surface area (TPSA) is 80.9 Å². The van der Waals surface area contributed by atoms with Gasteiger partial charge in [0.05, 0.1) is 6.54 Å². The summed E-state index contributed by atoms with van der Waals surface area (Å²) >= 11 is 1.57. The van der Waals surface area contributed by atoms with Gasteiger partial charge in [-0.1, -0.05) is 12.1 Å². The van der Waals surface area contributed by atoms with Crippen molar-refractivity contribution >= 4 is 17.2 Å². The Hall–Kier alpha value is -2.77. The normalized spacial score (nSPS) is 16.9. The number of para-hydroxylation sites is 2. The van der Waals surface area contributed by atoms with Gasteiger partial charge in [0.1, 0.15) is 24.2 Å². The molecule has 2 aromatic heterocycles. The quantitative estimate of drug-likeness (QED) is 0.721. The molecule has 7 heteroatoms. The average molecular weight is 371 g/mol. The summed E-state index contributed by atoms with van der Waals surface area (Å²) in [4.78, 5) is 12.3. The van der Waals surface area contributed by atoms with E-state index in [0.29, 0.717) is 23.0 Å². The van der Waals surface area contributed by atoms with Crippen LogP contribution in [0.5, 0.6) is 11.5 Å². The molecule has 1 aliphatic rings. The zero-order valence-corrected chi connectivity index (χ0v) is 14.6. The minimum Gasteiger partial charge on any atom is -0.485 e. The molecule has 2 atom stereocenters. The van der Waals surface area contributed by atoms with Gasteiger partial charge in [-0.2, -0.15) is 11.3 Å². The summed E-state index contributed by atoms with van der Waals surface area (Å²) in [7, 11) is 0. The predicted molar refractivity (Wildman–Crippen MR) is 96.3 cm³/mol. The number of benzene rings is 1. The lowest BCUT2D eigenvalue weighted by Crippen LogP contribution is -2.45. The van der Waals surface area contributed by atoms with E-state index in [2.05, 4.69) is 5.32 Å². The SMILES string of the molecule is O=C(NC[C@H](O)c1ccc(-c2ccsc2)o1)[C@@H]1COc2ccccc2O1. The Morgan fingerprint density at radius 3 is 2.88 bits per heavy atom. The Morgan fingerprint density at radius 1 is 1.23 bits per heavy atom. The van der Waals surface area contributed by atoms with Crippen molar-refractivity contribution in [3.8, 4) is 22.8 Å². The molecule has 0 unspecified atom stereocenters. The van der Waals surface area contributed by atoms with Crippen LogP contribution in [0.1, 0.15) is 11.9 Å². The van der Waals surface area contributed by atoms with Crippen LogP contribution in [-0.4, -0.2) is 30.3 Å². The number of furan rings is 1. The molecular weight excluding hydrogens is 354 g/mol. The number of aliphatic hydroxyl groups excluding tert-OH is 1. The molecule has 3 aromatic rings. The van der Waals surface area contributed by atoms with Gasteiger partial charge in [-0.3, -0.25) is 4.79 Å². The molecule has 4 rings (SSSR count). The van der Waals surface area contributed by atoms with Crippen molar-refractivity contribution in [3.05, 3.63) is 59.0 Å². The molecule has 2 N–H and O–H groups in total. The second kappa shape index (κ2) is 7.23. The molecule has 0 saturated carbocycles. The zero-order chi connectivity index (χ0) is 17.9. The fraction of sp³-hybridized carbons (Fsp3) is 0.211. The molecular formula is C19H17NO5S. The smallest absolute Gasteiger partial charge is 0.264 e. The molecule has 0 bridgehead atoms. The highest BCUT2D eigenvalue weighted by molar-refractivity contribution is 7.08. The standard InChI is InChI=1S/C19H17NO5S/c21-13(15-6-5-14(24-15)12-7-8-26-11-12)9-20-19(22)18-10-23-16-3-1-2-4-17(16)25-18/h1-8,11,13,18,21H,9-10H2,(H,20,22)/t13-,18-/m0/s1. The first-order chi connectivity index (χ1) is 12.7. The van der Waals surface area contributed by atoms with E-state index in [1.54, 1.807) is 35.6 Å². The molecule has 134 valence electrons. The molecule has 1 aliphatic heterocycles. The molecule has 3 heterocycles. The number of hydrogen-bond acceptors (Lipinski definition) is 6. The maximum absolute atomic E-state index is 12.3. The number of amides is 1. The summed E-state index contributed by atoms with van der Waals surface area (Å²) in [6.07, 6.45) is -1.70. The van der Waals surface area contributed by atoms with Crippen LogP contribution >= 0.6 is 11.3 Å². The van der Waals surface area contributed by atoms with Gasteiger partial charge in [0, 0.05) is 10.9 Å². The first-order valence-electron chi connectivity index (χ1n) is 8.17. The van der Waals surface area contributed by atoms with E-state index in [4.69, 9.17) is 13.9 Å². The summed E-state index contributed by atoms with van der Waals surface area (Å²) in [5, 5.41) is 16.9. The van der Waals surface area contributed by atoms with Gasteiger partial charge in [-0.15, -0.1) is 0 Å². The lowest BCUT2D eigenvalue weighted by molar-refractivity contribution is -0.130. The number of carbonyl (C=O) groups excluding carboxylic acids is 1. The van der Waals surface area contributed by atoms with Gasteiger partial charge in [-0.05, 0) is 35.7 Å². The van der Waals surface area contributed by atoms with Crippen LogP contribution in [0, 0.1) is 0 Å². The van der Waals surface area contributed by atoms with Crippen LogP contribution in [-0.2, 0) is 4.79 Å². The second-order valence-electron chi connectivity index (χ2n) is 5.84. The fourth-order valence-corrected chi connectivity index (χ4v) is 3.30. The van der Waals surface area contributed by atoms with Crippen LogP contribution in [0.25, 0.3) is 11.3 Å². The van der Waals surface area contributed by atoms with Crippen molar-refractivity contribution in [3.63, 3.8) is 0 Å². The van der Waals surface area contributed by atoms with Crippen LogP contribution in [0.15, 0.2) is 57.6 Å². The van der Waals surface area contributed by atoms with Gasteiger partial charge in [-0.25, -0.2) is 0 Å². The highest BCUT2D eigenvalue weighted by atomic mass is 32.1. The third-order valence-corrected chi connectivity index (χ3v) is 4.71. The van der Waals surface area contributed by atoms with Gasteiger partial charge in [0.15, 0.2) is 11.5 Å². The Morgan fingerprint density at radius 2 is 2.08 bits per heavy atom. The highest BCUT2D eigenvalue weighted by Gasteiger charge is 2.27. The van der Waals surface area contributed by atoms with E-state index in [1.807, 2.05) is 29.0 Å². The molecule has 6 nitrogen and oxygen atoms in total. The average Bonchev–Trinajstić information content (AvgIpc) is 3.36. The van der Waals surface area contributed by atoms with Crippen LogP contribution in [0.3, 0.4) is 0 Å². The number of rotatable bonds is 5. The molecule has 1 aromatic carbocycles. The predicted octanol–water partition coefficient (Wildman–Crippen LogP) is 3.00. The summed E-state index contributed by atoms with van der Waals surface area (Å²) in [5.74, 6) is 1.90. The minimum atomic E-state index is -0.942. The Bertz CT molecular complexity index is 889. The first-order valence-corrected chi connectivity index (χ1v) is 9.11. The van der Waals surface area contributed by atoms with E-state index >= 15 is 0 Å². The molecule has 26 heavy (non-hydrogen) atoms. The molecule has 0 radical (unpaired) electrons. The third kappa shape index (κ3) is 3.44. The van der Waals surface area contributed by atoms with Gasteiger partial charge >= 0.3 is 0 Å². The number of aliphatic hydroxyl groups is 1. The van der Waals surface area contributed by atoms with E-state index in [-0.39, 0.29) is 19.1 Å². The summed E-state index contributed by atoms with van der Waals surface area (Å²) in [6, 6.07) is 12.6. The lowest BCUT2D eigenvalue weighted by atomic mass is 10.2. The Labute approximate surface area is 154 Å². The lowest BCUT2D eigenvalue weighted by Gasteiger charge is -2.25. The van der Waals surface area contributed by atoms with E-state index < -0.39 is 12.2 Å². The number of thiophene rings is 1. The molecule has 0 fully saturated rings. The van der Waals surface area contributed by atoms with E-state index in [9.17, 15) is 9.90 Å². The van der Waals surface area contributed by atoms with E-state index in [0.717, 1.165) is 5.56 Å². The maximum atomic E-state index is 12.3. The van der Waals surface area contributed by atoms with Crippen molar-refractivity contribution in [1.29, 1.82) is 0 Å². The molecule has 0 spiro atoms. The summed E-state index contributed by atoms with van der Waals surface area (Å²) < 4.78 is 16.8. The van der Waals surface area contributed by atoms with Crippen molar-refractivity contribution < 1.29 is 23.8 Å². The van der Waals surface area contributed by atoms with E-state index in [1.165, 1.54) is 0 Å². The van der Waals surface area contributed by atoms with Crippen LogP contribution < -0.4 is 14.8 Å². The number of fused-ring (bicyclic) bond motifs is 1. The highest BCUT2D eigenvalue weighted by Crippen LogP contribution is 2.31. The number of carbonyl (C=O) groups is 1. The summed E-state index contributed by atoms with van der Waals surface area (Å²) in [5.41, 5.74) is 0.962. The zero-order valence-electron chi connectivity index (χ0n) is 13.8. The van der Waals surface area contributed by atoms with Gasteiger partial charge in [0.2, 0.25) is 6.10 Å². The monoisotopic (exact) mass is 371 g/mol. The van der Waals surface area contributed by atoms with Crippen LogP contribution in [0.2, 0.25) is 0 Å². The van der Waals surface area contributed by atoms with Gasteiger partial charge in [0.25, 0.3) is 5.91 Å². The van der Waals surface area contributed by atoms with Crippen molar-refractivity contribution in [2.45, 2.75) is 12.2 Å².